The molecule has 0 fully saturated rings. The van der Waals surface area contributed by atoms with E-state index in [1.807, 2.05) is 68.6 Å². The Morgan fingerprint density at radius 1 is 1.13 bits per heavy atom. The van der Waals surface area contributed by atoms with Crippen LogP contribution in [0.3, 0.4) is 0 Å². The standard InChI is InChI=1S/C25H25NO4S/c1-4-28-25(27)23(31-3)13-17-10-11-22-19(12-17)14-20(30-22)15-21-16(2)29-24(26-21)18-8-6-5-7-9-18/h5-12,14,23H,4,13,15H2,1-3H3. The van der Waals surface area contributed by atoms with Crippen LogP contribution in [0, 0.1) is 6.92 Å². The highest BCUT2D eigenvalue weighted by molar-refractivity contribution is 7.99. The Morgan fingerprint density at radius 2 is 1.94 bits per heavy atom. The van der Waals surface area contributed by atoms with Crippen molar-refractivity contribution in [3.05, 3.63) is 77.4 Å². The summed E-state index contributed by atoms with van der Waals surface area (Å²) in [5.74, 6) is 2.07. The summed E-state index contributed by atoms with van der Waals surface area (Å²) >= 11 is 1.51. The number of aromatic nitrogens is 1. The topological polar surface area (TPSA) is 65.5 Å². The number of benzene rings is 2. The van der Waals surface area contributed by atoms with Gasteiger partial charge in [0.1, 0.15) is 22.4 Å². The van der Waals surface area contributed by atoms with Gasteiger partial charge in [0.25, 0.3) is 0 Å². The maximum atomic E-state index is 12.1. The van der Waals surface area contributed by atoms with Crippen molar-refractivity contribution in [2.75, 3.05) is 12.9 Å². The Morgan fingerprint density at radius 3 is 2.68 bits per heavy atom. The molecule has 1 unspecified atom stereocenters. The van der Waals surface area contributed by atoms with Crippen LogP contribution >= 0.6 is 11.8 Å². The number of nitrogens with zero attached hydrogens (tertiary/aromatic N) is 1. The number of carbonyl (C=O) groups is 1. The Bertz CT molecular complexity index is 1180. The van der Waals surface area contributed by atoms with Gasteiger partial charge in [-0.3, -0.25) is 4.79 Å². The summed E-state index contributed by atoms with van der Waals surface area (Å²) in [6.07, 6.45) is 3.11. The zero-order valence-corrected chi connectivity index (χ0v) is 18.7. The van der Waals surface area contributed by atoms with Crippen LogP contribution in [-0.4, -0.2) is 29.1 Å². The van der Waals surface area contributed by atoms with Gasteiger partial charge in [-0.25, -0.2) is 4.98 Å². The van der Waals surface area contributed by atoms with Crippen molar-refractivity contribution in [1.82, 2.24) is 4.98 Å². The smallest absolute Gasteiger partial charge is 0.319 e. The fourth-order valence-electron chi connectivity index (χ4n) is 3.54. The molecule has 0 aliphatic carbocycles. The van der Waals surface area contributed by atoms with Crippen molar-refractivity contribution in [3.63, 3.8) is 0 Å². The van der Waals surface area contributed by atoms with Crippen molar-refractivity contribution in [1.29, 1.82) is 0 Å². The summed E-state index contributed by atoms with van der Waals surface area (Å²) in [6.45, 7) is 4.15. The van der Waals surface area contributed by atoms with E-state index in [0.29, 0.717) is 25.3 Å². The van der Waals surface area contributed by atoms with Gasteiger partial charge < -0.3 is 13.6 Å². The number of aryl methyl sites for hydroxylation is 1. The third-order valence-corrected chi connectivity index (χ3v) is 6.07. The average Bonchev–Trinajstić information content (AvgIpc) is 3.35. The Hall–Kier alpha value is -2.99. The molecule has 0 aliphatic rings. The molecule has 0 aliphatic heterocycles. The van der Waals surface area contributed by atoms with Gasteiger partial charge in [-0.15, -0.1) is 11.8 Å². The number of thioether (sulfide) groups is 1. The third kappa shape index (κ3) is 4.85. The fraction of sp³-hybridized carbons (Fsp3) is 0.280. The van der Waals surface area contributed by atoms with Crippen LogP contribution in [0.1, 0.15) is 29.7 Å². The second kappa shape index (κ2) is 9.43. The van der Waals surface area contributed by atoms with Crippen molar-refractivity contribution in [2.24, 2.45) is 0 Å². The van der Waals surface area contributed by atoms with Gasteiger partial charge in [-0.1, -0.05) is 24.3 Å². The summed E-state index contributed by atoms with van der Waals surface area (Å²) in [7, 11) is 0. The number of oxazole rings is 1. The van der Waals surface area contributed by atoms with Gasteiger partial charge in [-0.05, 0) is 62.4 Å². The Labute approximate surface area is 185 Å². The summed E-state index contributed by atoms with van der Waals surface area (Å²) in [5, 5.41) is 0.804. The molecular weight excluding hydrogens is 410 g/mol. The van der Waals surface area contributed by atoms with E-state index >= 15 is 0 Å². The van der Waals surface area contributed by atoms with E-state index in [1.165, 1.54) is 11.8 Å². The molecule has 4 rings (SSSR count). The number of ether oxygens (including phenoxy) is 1. The van der Waals surface area contributed by atoms with E-state index in [-0.39, 0.29) is 11.2 Å². The van der Waals surface area contributed by atoms with E-state index in [1.54, 1.807) is 0 Å². The predicted octanol–water partition coefficient (Wildman–Crippen LogP) is 5.82. The van der Waals surface area contributed by atoms with Crippen LogP contribution in [0.15, 0.2) is 63.4 Å². The van der Waals surface area contributed by atoms with Crippen molar-refractivity contribution in [2.45, 2.75) is 31.9 Å². The zero-order valence-electron chi connectivity index (χ0n) is 17.9. The summed E-state index contributed by atoms with van der Waals surface area (Å²) in [6, 6.07) is 17.9. The molecule has 2 aromatic heterocycles. The van der Waals surface area contributed by atoms with E-state index < -0.39 is 0 Å². The van der Waals surface area contributed by atoms with E-state index in [4.69, 9.17) is 13.6 Å². The van der Waals surface area contributed by atoms with Crippen LogP contribution in [0.4, 0.5) is 0 Å². The first kappa shape index (κ1) is 21.2. The molecule has 0 amide bonds. The van der Waals surface area contributed by atoms with Gasteiger partial charge in [0, 0.05) is 10.9 Å². The molecule has 31 heavy (non-hydrogen) atoms. The zero-order chi connectivity index (χ0) is 21.8. The van der Waals surface area contributed by atoms with Crippen LogP contribution in [0.2, 0.25) is 0 Å². The number of fused-ring (bicyclic) bond motifs is 1. The minimum Gasteiger partial charge on any atom is -0.465 e. The van der Waals surface area contributed by atoms with Gasteiger partial charge in [0.15, 0.2) is 0 Å². The summed E-state index contributed by atoms with van der Waals surface area (Å²) in [5.41, 5.74) is 3.72. The number of carbonyl (C=O) groups excluding carboxylic acids is 1. The SMILES string of the molecule is CCOC(=O)C(Cc1ccc2oc(Cc3nc(-c4ccccc4)oc3C)cc2c1)SC. The van der Waals surface area contributed by atoms with Crippen molar-refractivity contribution in [3.8, 4) is 11.5 Å². The van der Waals surface area contributed by atoms with Gasteiger partial charge >= 0.3 is 5.97 Å². The summed E-state index contributed by atoms with van der Waals surface area (Å²) in [4.78, 5) is 16.8. The fourth-order valence-corrected chi connectivity index (χ4v) is 4.15. The molecule has 2 heterocycles. The lowest BCUT2D eigenvalue weighted by Crippen LogP contribution is -2.22. The molecular formula is C25H25NO4S. The highest BCUT2D eigenvalue weighted by Crippen LogP contribution is 2.27. The third-order valence-electron chi connectivity index (χ3n) is 5.14. The maximum absolute atomic E-state index is 12.1. The van der Waals surface area contributed by atoms with Crippen molar-refractivity contribution < 1.29 is 18.4 Å². The lowest BCUT2D eigenvalue weighted by molar-refractivity contribution is -0.142. The molecule has 4 aromatic rings. The first-order valence-corrected chi connectivity index (χ1v) is 11.6. The number of hydrogen-bond acceptors (Lipinski definition) is 6. The van der Waals surface area contributed by atoms with Crippen molar-refractivity contribution >= 4 is 28.7 Å². The molecule has 1 atom stereocenters. The second-order valence-corrected chi connectivity index (χ2v) is 8.37. The highest BCUT2D eigenvalue weighted by Gasteiger charge is 2.20. The first-order valence-electron chi connectivity index (χ1n) is 10.3. The van der Waals surface area contributed by atoms with Crippen LogP contribution in [0.5, 0.6) is 0 Å². The predicted molar refractivity (Wildman–Crippen MR) is 123 cm³/mol. The van der Waals surface area contributed by atoms with E-state index in [9.17, 15) is 4.79 Å². The minimum atomic E-state index is -0.210. The quantitative estimate of drug-likeness (QED) is 0.325. The molecule has 0 N–H and O–H groups in total. The molecule has 5 nitrogen and oxygen atoms in total. The minimum absolute atomic E-state index is 0.168. The monoisotopic (exact) mass is 435 g/mol. The number of hydrogen-bond donors (Lipinski definition) is 0. The lowest BCUT2D eigenvalue weighted by atomic mass is 10.1. The molecule has 160 valence electrons. The maximum Gasteiger partial charge on any atom is 0.319 e. The second-order valence-electron chi connectivity index (χ2n) is 7.33. The molecule has 0 spiro atoms. The largest absolute Gasteiger partial charge is 0.465 e. The number of rotatable bonds is 8. The van der Waals surface area contributed by atoms with Crippen LogP contribution in [0.25, 0.3) is 22.4 Å². The van der Waals surface area contributed by atoms with Crippen LogP contribution in [-0.2, 0) is 22.4 Å². The van der Waals surface area contributed by atoms with Gasteiger partial charge in [0.2, 0.25) is 5.89 Å². The Kier molecular flexibility index (Phi) is 6.47. The number of furan rings is 1. The average molecular weight is 436 g/mol. The number of esters is 1. The first-order chi connectivity index (χ1) is 15.1. The normalized spacial score (nSPS) is 12.2. The van der Waals surface area contributed by atoms with Crippen LogP contribution < -0.4 is 0 Å². The van der Waals surface area contributed by atoms with Gasteiger partial charge in [0.05, 0.1) is 18.7 Å². The highest BCUT2D eigenvalue weighted by atomic mass is 32.2. The van der Waals surface area contributed by atoms with E-state index in [2.05, 4.69) is 11.1 Å². The molecule has 0 saturated carbocycles. The molecule has 6 heteroatoms. The molecule has 0 saturated heterocycles. The summed E-state index contributed by atoms with van der Waals surface area (Å²) < 4.78 is 17.1. The molecule has 0 bridgehead atoms. The lowest BCUT2D eigenvalue weighted by Gasteiger charge is -2.12. The Balaban J connectivity index is 1.52. The molecule has 2 aromatic carbocycles. The molecule has 0 radical (unpaired) electrons. The van der Waals surface area contributed by atoms with E-state index in [0.717, 1.165) is 39.3 Å². The van der Waals surface area contributed by atoms with Gasteiger partial charge in [-0.2, -0.15) is 0 Å².